The number of carbonyl (C=O) groups is 2. The highest BCUT2D eigenvalue weighted by atomic mass is 16.5. The molecule has 0 radical (unpaired) electrons. The SMILES string of the molecule is C=CCOC(=O)[C@]1(C)CCc2ccccc2C1=O. The van der Waals surface area contributed by atoms with Crippen LogP contribution in [0.1, 0.15) is 29.3 Å². The Labute approximate surface area is 106 Å². The van der Waals surface area contributed by atoms with E-state index < -0.39 is 11.4 Å². The van der Waals surface area contributed by atoms with Gasteiger partial charge in [0.25, 0.3) is 0 Å². The van der Waals surface area contributed by atoms with Crippen molar-refractivity contribution in [1.82, 2.24) is 0 Å². The molecule has 0 N–H and O–H groups in total. The molecule has 3 heteroatoms. The number of fused-ring (bicyclic) bond motifs is 1. The number of benzene rings is 1. The van der Waals surface area contributed by atoms with Gasteiger partial charge < -0.3 is 4.74 Å². The Morgan fingerprint density at radius 2 is 2.22 bits per heavy atom. The lowest BCUT2D eigenvalue weighted by Crippen LogP contribution is -2.41. The van der Waals surface area contributed by atoms with E-state index in [1.165, 1.54) is 6.08 Å². The first kappa shape index (κ1) is 12.6. The summed E-state index contributed by atoms with van der Waals surface area (Å²) in [6.45, 7) is 5.30. The number of ketones is 1. The lowest BCUT2D eigenvalue weighted by Gasteiger charge is -2.30. The minimum atomic E-state index is -1.06. The fraction of sp³-hybridized carbons (Fsp3) is 0.333. The first-order valence-corrected chi connectivity index (χ1v) is 6.00. The van der Waals surface area contributed by atoms with Gasteiger partial charge in [0.15, 0.2) is 5.78 Å². The van der Waals surface area contributed by atoms with Crippen LogP contribution in [0.5, 0.6) is 0 Å². The second kappa shape index (κ2) is 4.77. The molecule has 0 unspecified atom stereocenters. The molecule has 0 spiro atoms. The minimum absolute atomic E-state index is 0.140. The Kier molecular flexibility index (Phi) is 3.32. The number of ether oxygens (including phenoxy) is 1. The summed E-state index contributed by atoms with van der Waals surface area (Å²) in [6, 6.07) is 7.43. The van der Waals surface area contributed by atoms with Crippen molar-refractivity contribution in [3.63, 3.8) is 0 Å². The summed E-state index contributed by atoms with van der Waals surface area (Å²) in [6.07, 6.45) is 2.73. The Balaban J connectivity index is 2.30. The van der Waals surface area contributed by atoms with E-state index in [0.717, 1.165) is 12.0 Å². The topological polar surface area (TPSA) is 43.4 Å². The Morgan fingerprint density at radius 1 is 1.50 bits per heavy atom. The molecule has 1 aromatic rings. The number of carbonyl (C=O) groups excluding carboxylic acids is 2. The van der Waals surface area contributed by atoms with Crippen LogP contribution in [0.25, 0.3) is 0 Å². The number of esters is 1. The third kappa shape index (κ3) is 1.96. The van der Waals surface area contributed by atoms with Crippen LogP contribution in [0.2, 0.25) is 0 Å². The highest BCUT2D eigenvalue weighted by Crippen LogP contribution is 2.36. The summed E-state index contributed by atoms with van der Waals surface area (Å²) >= 11 is 0. The molecule has 0 bridgehead atoms. The predicted octanol–water partition coefficient (Wildman–Crippen LogP) is 2.55. The van der Waals surface area contributed by atoms with Crippen molar-refractivity contribution in [3.8, 4) is 0 Å². The smallest absolute Gasteiger partial charge is 0.320 e. The highest BCUT2D eigenvalue weighted by molar-refractivity contribution is 6.13. The molecule has 0 saturated carbocycles. The van der Waals surface area contributed by atoms with Gasteiger partial charge in [0.2, 0.25) is 0 Å². The minimum Gasteiger partial charge on any atom is -0.461 e. The van der Waals surface area contributed by atoms with E-state index in [0.29, 0.717) is 12.0 Å². The fourth-order valence-electron chi connectivity index (χ4n) is 2.24. The molecular formula is C15H16O3. The third-order valence-electron chi connectivity index (χ3n) is 3.44. The highest BCUT2D eigenvalue weighted by Gasteiger charge is 2.45. The monoisotopic (exact) mass is 244 g/mol. The van der Waals surface area contributed by atoms with Gasteiger partial charge in [0.1, 0.15) is 12.0 Å². The van der Waals surface area contributed by atoms with Crippen LogP contribution >= 0.6 is 0 Å². The van der Waals surface area contributed by atoms with Gasteiger partial charge in [-0.25, -0.2) is 0 Å². The van der Waals surface area contributed by atoms with Gasteiger partial charge in [0, 0.05) is 5.56 Å². The molecule has 0 heterocycles. The molecule has 0 amide bonds. The molecule has 1 aromatic carbocycles. The molecule has 1 aliphatic rings. The molecule has 0 aliphatic heterocycles. The lowest BCUT2D eigenvalue weighted by molar-refractivity contribution is -0.151. The van der Waals surface area contributed by atoms with E-state index in [9.17, 15) is 9.59 Å². The van der Waals surface area contributed by atoms with E-state index in [-0.39, 0.29) is 12.4 Å². The summed E-state index contributed by atoms with van der Waals surface area (Å²) < 4.78 is 5.04. The summed E-state index contributed by atoms with van der Waals surface area (Å²) in [5.74, 6) is -0.597. The number of hydrogen-bond acceptors (Lipinski definition) is 3. The fourth-order valence-corrected chi connectivity index (χ4v) is 2.24. The number of aryl methyl sites for hydroxylation is 1. The third-order valence-corrected chi connectivity index (χ3v) is 3.44. The van der Waals surface area contributed by atoms with Crippen LogP contribution < -0.4 is 0 Å². The Bertz CT molecular complexity index is 504. The molecular weight excluding hydrogens is 228 g/mol. The van der Waals surface area contributed by atoms with Crippen molar-refractivity contribution < 1.29 is 14.3 Å². The molecule has 1 aliphatic carbocycles. The van der Waals surface area contributed by atoms with Gasteiger partial charge in [-0.2, -0.15) is 0 Å². The Hall–Kier alpha value is -1.90. The van der Waals surface area contributed by atoms with E-state index in [2.05, 4.69) is 6.58 Å². The molecule has 3 nitrogen and oxygen atoms in total. The number of Topliss-reactive ketones (excluding diaryl/α,β-unsaturated/α-hetero) is 1. The quantitative estimate of drug-likeness (QED) is 0.466. The van der Waals surface area contributed by atoms with E-state index in [4.69, 9.17) is 4.74 Å². The van der Waals surface area contributed by atoms with E-state index >= 15 is 0 Å². The molecule has 0 aromatic heterocycles. The molecule has 0 fully saturated rings. The first-order valence-electron chi connectivity index (χ1n) is 6.00. The van der Waals surface area contributed by atoms with Gasteiger partial charge in [-0.15, -0.1) is 0 Å². The standard InChI is InChI=1S/C15H16O3/c1-3-10-18-14(17)15(2)9-8-11-6-4-5-7-12(11)13(15)16/h3-7H,1,8-10H2,2H3/t15-/m1/s1. The second-order valence-electron chi connectivity index (χ2n) is 4.71. The van der Waals surface area contributed by atoms with Crippen molar-refractivity contribution in [2.24, 2.45) is 5.41 Å². The van der Waals surface area contributed by atoms with Crippen LogP contribution in [-0.4, -0.2) is 18.4 Å². The zero-order valence-corrected chi connectivity index (χ0v) is 10.4. The predicted molar refractivity (Wildman–Crippen MR) is 68.4 cm³/mol. The van der Waals surface area contributed by atoms with E-state index in [1.807, 2.05) is 18.2 Å². The van der Waals surface area contributed by atoms with Crippen LogP contribution in [0.4, 0.5) is 0 Å². The Morgan fingerprint density at radius 3 is 2.94 bits per heavy atom. The normalized spacial score (nSPS) is 22.2. The van der Waals surface area contributed by atoms with Crippen molar-refractivity contribution in [1.29, 1.82) is 0 Å². The summed E-state index contributed by atoms with van der Waals surface area (Å²) in [5.41, 5.74) is 0.593. The maximum Gasteiger partial charge on any atom is 0.320 e. The van der Waals surface area contributed by atoms with Crippen molar-refractivity contribution in [2.75, 3.05) is 6.61 Å². The summed E-state index contributed by atoms with van der Waals surface area (Å²) in [4.78, 5) is 24.4. The molecule has 94 valence electrons. The average molecular weight is 244 g/mol. The largest absolute Gasteiger partial charge is 0.461 e. The molecule has 0 saturated heterocycles. The lowest BCUT2D eigenvalue weighted by atomic mass is 9.72. The first-order chi connectivity index (χ1) is 8.59. The second-order valence-corrected chi connectivity index (χ2v) is 4.71. The average Bonchev–Trinajstić information content (AvgIpc) is 2.40. The summed E-state index contributed by atoms with van der Waals surface area (Å²) in [7, 11) is 0. The van der Waals surface area contributed by atoms with Crippen molar-refractivity contribution >= 4 is 11.8 Å². The maximum absolute atomic E-state index is 12.4. The van der Waals surface area contributed by atoms with Gasteiger partial charge >= 0.3 is 5.97 Å². The molecule has 18 heavy (non-hydrogen) atoms. The molecule has 1 atom stereocenters. The van der Waals surface area contributed by atoms with Gasteiger partial charge in [-0.1, -0.05) is 36.9 Å². The zero-order chi connectivity index (χ0) is 13.2. The maximum atomic E-state index is 12.4. The van der Waals surface area contributed by atoms with Crippen LogP contribution in [0.15, 0.2) is 36.9 Å². The van der Waals surface area contributed by atoms with Crippen molar-refractivity contribution in [3.05, 3.63) is 48.0 Å². The zero-order valence-electron chi connectivity index (χ0n) is 10.4. The van der Waals surface area contributed by atoms with Gasteiger partial charge in [0.05, 0.1) is 0 Å². The van der Waals surface area contributed by atoms with Crippen LogP contribution in [0.3, 0.4) is 0 Å². The molecule has 2 rings (SSSR count). The van der Waals surface area contributed by atoms with Gasteiger partial charge in [-0.05, 0) is 25.3 Å². The van der Waals surface area contributed by atoms with Crippen molar-refractivity contribution in [2.45, 2.75) is 19.8 Å². The van der Waals surface area contributed by atoms with Crippen LogP contribution in [-0.2, 0) is 16.0 Å². The number of rotatable bonds is 3. The number of hydrogen-bond donors (Lipinski definition) is 0. The van der Waals surface area contributed by atoms with E-state index in [1.54, 1.807) is 13.0 Å². The summed E-state index contributed by atoms with van der Waals surface area (Å²) in [5, 5.41) is 0. The van der Waals surface area contributed by atoms with Gasteiger partial charge in [-0.3, -0.25) is 9.59 Å². The van der Waals surface area contributed by atoms with Crippen LogP contribution in [0, 0.1) is 5.41 Å².